The van der Waals surface area contributed by atoms with Crippen LogP contribution in [0.2, 0.25) is 0 Å². The summed E-state index contributed by atoms with van der Waals surface area (Å²) in [6.45, 7) is 10.9. The molecule has 0 radical (unpaired) electrons. The molecule has 2 heterocycles. The summed E-state index contributed by atoms with van der Waals surface area (Å²) in [5.41, 5.74) is 2.11. The lowest BCUT2D eigenvalue weighted by molar-refractivity contribution is 0.270. The number of hydrogen-bond donors (Lipinski definition) is 1. The summed E-state index contributed by atoms with van der Waals surface area (Å²) >= 11 is 0. The molecule has 140 valence electrons. The van der Waals surface area contributed by atoms with Crippen molar-refractivity contribution in [1.29, 1.82) is 0 Å². The van der Waals surface area contributed by atoms with Crippen LogP contribution in [0.25, 0.3) is 0 Å². The van der Waals surface area contributed by atoms with Gasteiger partial charge in [0.2, 0.25) is 0 Å². The average molecular weight is 375 g/mol. The maximum absolute atomic E-state index is 12.7. The van der Waals surface area contributed by atoms with Crippen LogP contribution in [0.1, 0.15) is 18.1 Å². The third-order valence-corrected chi connectivity index (χ3v) is 6.30. The van der Waals surface area contributed by atoms with Crippen LogP contribution in [-0.4, -0.2) is 51.0 Å². The van der Waals surface area contributed by atoms with Crippen molar-refractivity contribution >= 4 is 21.5 Å². The highest BCUT2D eigenvalue weighted by molar-refractivity contribution is 7.92. The Morgan fingerprint density at radius 1 is 1.08 bits per heavy atom. The van der Waals surface area contributed by atoms with Crippen molar-refractivity contribution in [3.63, 3.8) is 0 Å². The predicted octanol–water partition coefficient (Wildman–Crippen LogP) is 2.64. The van der Waals surface area contributed by atoms with Gasteiger partial charge in [-0.15, -0.1) is 0 Å². The van der Waals surface area contributed by atoms with E-state index in [-0.39, 0.29) is 0 Å². The molecular formula is C19H26N4O2S. The maximum Gasteiger partial charge on any atom is 0.262 e. The van der Waals surface area contributed by atoms with Gasteiger partial charge in [0, 0.05) is 26.2 Å². The van der Waals surface area contributed by atoms with Gasteiger partial charge in [-0.25, -0.2) is 13.4 Å². The van der Waals surface area contributed by atoms with Gasteiger partial charge >= 0.3 is 0 Å². The number of aryl methyl sites for hydroxylation is 2. The summed E-state index contributed by atoms with van der Waals surface area (Å²) in [5, 5.41) is 0. The molecule has 6 nitrogen and oxygen atoms in total. The van der Waals surface area contributed by atoms with E-state index in [0.29, 0.717) is 10.6 Å². The molecule has 0 spiro atoms. The second kappa shape index (κ2) is 7.63. The van der Waals surface area contributed by atoms with E-state index >= 15 is 0 Å². The normalized spacial score (nSPS) is 15.9. The summed E-state index contributed by atoms with van der Waals surface area (Å²) in [6, 6.07) is 9.07. The molecule has 0 saturated carbocycles. The van der Waals surface area contributed by atoms with Crippen LogP contribution in [-0.2, 0) is 10.0 Å². The highest BCUT2D eigenvalue weighted by Crippen LogP contribution is 2.22. The van der Waals surface area contributed by atoms with Gasteiger partial charge in [0.15, 0.2) is 0 Å². The van der Waals surface area contributed by atoms with E-state index in [4.69, 9.17) is 0 Å². The molecule has 1 fully saturated rings. The van der Waals surface area contributed by atoms with E-state index in [9.17, 15) is 8.42 Å². The molecule has 7 heteroatoms. The molecule has 26 heavy (non-hydrogen) atoms. The van der Waals surface area contributed by atoms with E-state index in [1.165, 1.54) is 0 Å². The van der Waals surface area contributed by atoms with E-state index in [0.717, 1.165) is 49.7 Å². The number of likely N-dealkylation sites (N-methyl/N-ethyl adjacent to an activating group) is 1. The van der Waals surface area contributed by atoms with Gasteiger partial charge in [-0.05, 0) is 49.7 Å². The number of anilines is 2. The van der Waals surface area contributed by atoms with Gasteiger partial charge < -0.3 is 9.80 Å². The lowest BCUT2D eigenvalue weighted by Gasteiger charge is -2.34. The smallest absolute Gasteiger partial charge is 0.262 e. The number of sulfonamides is 1. The van der Waals surface area contributed by atoms with Gasteiger partial charge in [0.05, 0.1) is 16.8 Å². The quantitative estimate of drug-likeness (QED) is 0.872. The standard InChI is InChI=1S/C19H26N4O2S/c1-4-22-9-11-23(12-10-22)19-8-7-17(14-20-19)21-26(24,25)18-13-15(2)5-6-16(18)3/h5-8,13-14,21H,4,9-12H2,1-3H3. The fourth-order valence-corrected chi connectivity index (χ4v) is 4.51. The summed E-state index contributed by atoms with van der Waals surface area (Å²) in [7, 11) is -3.63. The Hall–Kier alpha value is -2.12. The zero-order valence-electron chi connectivity index (χ0n) is 15.6. The molecule has 1 aliphatic heterocycles. The van der Waals surface area contributed by atoms with Crippen molar-refractivity contribution in [3.05, 3.63) is 47.7 Å². The fourth-order valence-electron chi connectivity index (χ4n) is 3.13. The SMILES string of the molecule is CCN1CCN(c2ccc(NS(=O)(=O)c3cc(C)ccc3C)cn2)CC1. The van der Waals surface area contributed by atoms with Crippen LogP contribution >= 0.6 is 0 Å². The van der Waals surface area contributed by atoms with E-state index in [1.807, 2.05) is 25.1 Å². The minimum Gasteiger partial charge on any atom is -0.354 e. The number of pyridine rings is 1. The highest BCUT2D eigenvalue weighted by atomic mass is 32.2. The van der Waals surface area contributed by atoms with Crippen LogP contribution in [0, 0.1) is 13.8 Å². The molecule has 1 aromatic carbocycles. The minimum atomic E-state index is -3.63. The first-order valence-electron chi connectivity index (χ1n) is 8.92. The molecule has 0 aliphatic carbocycles. The molecule has 0 bridgehead atoms. The molecule has 0 amide bonds. The Morgan fingerprint density at radius 3 is 2.42 bits per heavy atom. The van der Waals surface area contributed by atoms with Crippen molar-refractivity contribution < 1.29 is 8.42 Å². The third-order valence-electron chi connectivity index (χ3n) is 4.78. The van der Waals surface area contributed by atoms with Crippen molar-refractivity contribution in [2.75, 3.05) is 42.3 Å². The summed E-state index contributed by atoms with van der Waals surface area (Å²) in [4.78, 5) is 9.39. The Labute approximate surface area is 155 Å². The lowest BCUT2D eigenvalue weighted by Crippen LogP contribution is -2.46. The molecule has 1 aromatic heterocycles. The van der Waals surface area contributed by atoms with E-state index in [2.05, 4.69) is 26.4 Å². The minimum absolute atomic E-state index is 0.303. The molecular weight excluding hydrogens is 348 g/mol. The first kappa shape index (κ1) is 18.7. The van der Waals surface area contributed by atoms with Crippen LogP contribution in [0.5, 0.6) is 0 Å². The number of nitrogens with zero attached hydrogens (tertiary/aromatic N) is 3. The van der Waals surface area contributed by atoms with Crippen molar-refractivity contribution in [1.82, 2.24) is 9.88 Å². The zero-order chi connectivity index (χ0) is 18.7. The third kappa shape index (κ3) is 4.16. The summed E-state index contributed by atoms with van der Waals surface area (Å²) in [5.74, 6) is 0.885. The number of aromatic nitrogens is 1. The van der Waals surface area contributed by atoms with Crippen LogP contribution in [0.4, 0.5) is 11.5 Å². The van der Waals surface area contributed by atoms with Crippen LogP contribution in [0.3, 0.4) is 0 Å². The second-order valence-corrected chi connectivity index (χ2v) is 8.35. The number of rotatable bonds is 5. The lowest BCUT2D eigenvalue weighted by atomic mass is 10.2. The number of hydrogen-bond acceptors (Lipinski definition) is 5. The number of piperazine rings is 1. The van der Waals surface area contributed by atoms with Gasteiger partial charge in [-0.3, -0.25) is 4.72 Å². The van der Waals surface area contributed by atoms with Crippen LogP contribution < -0.4 is 9.62 Å². The Kier molecular flexibility index (Phi) is 5.48. The van der Waals surface area contributed by atoms with Gasteiger partial charge in [-0.1, -0.05) is 19.1 Å². The molecule has 0 atom stereocenters. The van der Waals surface area contributed by atoms with E-state index < -0.39 is 10.0 Å². The monoisotopic (exact) mass is 374 g/mol. The molecule has 1 saturated heterocycles. The topological polar surface area (TPSA) is 65.5 Å². The predicted molar refractivity (Wildman–Crippen MR) is 105 cm³/mol. The van der Waals surface area contributed by atoms with Crippen molar-refractivity contribution in [2.45, 2.75) is 25.7 Å². The number of benzene rings is 1. The summed E-state index contributed by atoms with van der Waals surface area (Å²) < 4.78 is 28.0. The Bertz CT molecular complexity index is 858. The van der Waals surface area contributed by atoms with Gasteiger partial charge in [-0.2, -0.15) is 0 Å². The molecule has 2 aromatic rings. The largest absolute Gasteiger partial charge is 0.354 e. The second-order valence-electron chi connectivity index (χ2n) is 6.70. The number of nitrogens with one attached hydrogen (secondary N) is 1. The Morgan fingerprint density at radius 2 is 1.81 bits per heavy atom. The van der Waals surface area contributed by atoms with Crippen molar-refractivity contribution in [3.8, 4) is 0 Å². The highest BCUT2D eigenvalue weighted by Gasteiger charge is 2.19. The molecule has 0 unspecified atom stereocenters. The first-order chi connectivity index (χ1) is 12.4. The first-order valence-corrected chi connectivity index (χ1v) is 10.4. The fraction of sp³-hybridized carbons (Fsp3) is 0.421. The summed E-state index contributed by atoms with van der Waals surface area (Å²) in [6.07, 6.45) is 1.59. The van der Waals surface area contributed by atoms with Gasteiger partial charge in [0.25, 0.3) is 10.0 Å². The Balaban J connectivity index is 1.72. The zero-order valence-corrected chi connectivity index (χ0v) is 16.4. The molecule has 1 aliphatic rings. The maximum atomic E-state index is 12.7. The molecule has 1 N–H and O–H groups in total. The van der Waals surface area contributed by atoms with E-state index in [1.54, 1.807) is 25.3 Å². The average Bonchev–Trinajstić information content (AvgIpc) is 2.64. The molecule has 3 rings (SSSR count). The van der Waals surface area contributed by atoms with Gasteiger partial charge in [0.1, 0.15) is 5.82 Å². The van der Waals surface area contributed by atoms with Crippen LogP contribution in [0.15, 0.2) is 41.4 Å². The van der Waals surface area contributed by atoms with Crippen molar-refractivity contribution in [2.24, 2.45) is 0 Å².